The van der Waals surface area contributed by atoms with E-state index in [9.17, 15) is 14.7 Å². The van der Waals surface area contributed by atoms with E-state index in [4.69, 9.17) is 4.74 Å². The highest BCUT2D eigenvalue weighted by atomic mass is 16.5. The number of likely N-dealkylation sites (tertiary alicyclic amines) is 1. The number of nitrogens with one attached hydrogen (secondary N) is 1. The summed E-state index contributed by atoms with van der Waals surface area (Å²) in [6.45, 7) is 2.30. The summed E-state index contributed by atoms with van der Waals surface area (Å²) < 4.78 is 5.13. The summed E-state index contributed by atoms with van der Waals surface area (Å²) in [7, 11) is 1.59. The lowest BCUT2D eigenvalue weighted by molar-refractivity contribution is -0.147. The molecular formula is C17H19N3O4. The van der Waals surface area contributed by atoms with Gasteiger partial charge < -0.3 is 14.7 Å². The van der Waals surface area contributed by atoms with Crippen LogP contribution in [-0.4, -0.2) is 52.3 Å². The molecule has 0 aliphatic carbocycles. The van der Waals surface area contributed by atoms with Crippen LogP contribution in [0, 0.1) is 5.41 Å². The van der Waals surface area contributed by atoms with Crippen molar-refractivity contribution in [2.45, 2.75) is 13.3 Å². The van der Waals surface area contributed by atoms with Gasteiger partial charge in [0.05, 0.1) is 30.0 Å². The molecule has 2 heterocycles. The first-order valence-corrected chi connectivity index (χ1v) is 7.65. The molecule has 1 fully saturated rings. The van der Waals surface area contributed by atoms with Gasteiger partial charge in [0, 0.05) is 18.7 Å². The lowest BCUT2D eigenvalue weighted by atomic mass is 9.90. The molecule has 1 atom stereocenters. The van der Waals surface area contributed by atoms with Crippen molar-refractivity contribution >= 4 is 11.9 Å². The van der Waals surface area contributed by atoms with Crippen LogP contribution in [0.25, 0.3) is 11.3 Å². The fourth-order valence-electron chi connectivity index (χ4n) is 2.91. The number of aromatic amines is 1. The van der Waals surface area contributed by atoms with E-state index in [1.54, 1.807) is 18.9 Å². The molecule has 126 valence electrons. The number of benzene rings is 1. The Bertz CT molecular complexity index is 768. The predicted molar refractivity (Wildman–Crippen MR) is 86.8 cm³/mol. The van der Waals surface area contributed by atoms with E-state index in [-0.39, 0.29) is 12.5 Å². The minimum Gasteiger partial charge on any atom is -0.497 e. The number of hydrogen-bond donors (Lipinski definition) is 2. The molecule has 7 heteroatoms. The SMILES string of the molecule is COc1ccc(-c2[nH]ncc2C(=O)N2CC[C@](C)(C(=O)O)C2)cc1. The lowest BCUT2D eigenvalue weighted by Crippen LogP contribution is -2.34. The molecule has 0 unspecified atom stereocenters. The standard InChI is InChI=1S/C17H19N3O4/c1-17(16(22)23)7-8-20(10-17)15(21)13-9-18-19-14(13)11-3-5-12(24-2)6-4-11/h3-6,9H,7-8,10H2,1-2H3,(H,18,19)(H,22,23)/t17-/m0/s1. The van der Waals surface area contributed by atoms with Crippen LogP contribution in [0.3, 0.4) is 0 Å². The van der Waals surface area contributed by atoms with Gasteiger partial charge in [-0.2, -0.15) is 5.10 Å². The molecule has 1 aromatic carbocycles. The number of ether oxygens (including phenoxy) is 1. The zero-order chi connectivity index (χ0) is 17.3. The van der Waals surface area contributed by atoms with E-state index in [1.165, 1.54) is 6.20 Å². The number of nitrogens with zero attached hydrogens (tertiary/aromatic N) is 2. The zero-order valence-electron chi connectivity index (χ0n) is 13.6. The molecule has 0 radical (unpaired) electrons. The third-order valence-electron chi connectivity index (χ3n) is 4.53. The zero-order valence-corrected chi connectivity index (χ0v) is 13.6. The molecule has 7 nitrogen and oxygen atoms in total. The van der Waals surface area contributed by atoms with Gasteiger partial charge in [-0.15, -0.1) is 0 Å². The second kappa shape index (κ2) is 5.99. The number of carbonyl (C=O) groups excluding carboxylic acids is 1. The summed E-state index contributed by atoms with van der Waals surface area (Å²) in [4.78, 5) is 25.7. The van der Waals surface area contributed by atoms with Gasteiger partial charge in [0.2, 0.25) is 0 Å². The maximum atomic E-state index is 12.8. The van der Waals surface area contributed by atoms with Crippen molar-refractivity contribution in [3.8, 4) is 17.0 Å². The first-order chi connectivity index (χ1) is 11.4. The molecule has 1 saturated heterocycles. The molecule has 1 aliphatic heterocycles. The Morgan fingerprint density at radius 1 is 1.33 bits per heavy atom. The third kappa shape index (κ3) is 2.73. The van der Waals surface area contributed by atoms with Crippen LogP contribution >= 0.6 is 0 Å². The number of amides is 1. The third-order valence-corrected chi connectivity index (χ3v) is 4.53. The summed E-state index contributed by atoms with van der Waals surface area (Å²) in [5.41, 5.74) is 0.984. The number of hydrogen-bond acceptors (Lipinski definition) is 4. The molecule has 1 aliphatic rings. The summed E-state index contributed by atoms with van der Waals surface area (Å²) in [6, 6.07) is 7.30. The van der Waals surface area contributed by atoms with Gasteiger partial charge in [-0.1, -0.05) is 0 Å². The highest BCUT2D eigenvalue weighted by Gasteiger charge is 2.42. The van der Waals surface area contributed by atoms with Crippen molar-refractivity contribution in [2.24, 2.45) is 5.41 Å². The van der Waals surface area contributed by atoms with E-state index >= 15 is 0 Å². The van der Waals surface area contributed by atoms with Crippen LogP contribution in [0.5, 0.6) is 5.75 Å². The van der Waals surface area contributed by atoms with Crippen LogP contribution in [0.15, 0.2) is 30.5 Å². The molecule has 3 rings (SSSR count). The van der Waals surface area contributed by atoms with Crippen molar-refractivity contribution in [2.75, 3.05) is 20.2 Å². The van der Waals surface area contributed by atoms with Crippen LogP contribution in [-0.2, 0) is 4.79 Å². The van der Waals surface area contributed by atoms with Gasteiger partial charge in [0.1, 0.15) is 5.75 Å². The topological polar surface area (TPSA) is 95.5 Å². The fraction of sp³-hybridized carbons (Fsp3) is 0.353. The van der Waals surface area contributed by atoms with E-state index in [2.05, 4.69) is 10.2 Å². The van der Waals surface area contributed by atoms with Crippen LogP contribution in [0.4, 0.5) is 0 Å². The maximum Gasteiger partial charge on any atom is 0.311 e. The van der Waals surface area contributed by atoms with E-state index in [1.807, 2.05) is 24.3 Å². The Hall–Kier alpha value is -2.83. The summed E-state index contributed by atoms with van der Waals surface area (Å²) in [6.07, 6.45) is 1.93. The van der Waals surface area contributed by atoms with Crippen LogP contribution in [0.1, 0.15) is 23.7 Å². The van der Waals surface area contributed by atoms with Crippen molar-refractivity contribution in [3.05, 3.63) is 36.0 Å². The summed E-state index contributed by atoms with van der Waals surface area (Å²) in [5, 5.41) is 16.2. The minimum atomic E-state index is -0.889. The normalized spacial score (nSPS) is 20.2. The number of aliphatic carboxylic acids is 1. The molecule has 1 aromatic heterocycles. The predicted octanol–water partition coefficient (Wildman–Crippen LogP) is 2.02. The van der Waals surface area contributed by atoms with Crippen LogP contribution in [0.2, 0.25) is 0 Å². The lowest BCUT2D eigenvalue weighted by Gasteiger charge is -2.20. The average molecular weight is 329 g/mol. The minimum absolute atomic E-state index is 0.203. The Balaban J connectivity index is 1.85. The molecule has 2 N–H and O–H groups in total. The fourth-order valence-corrected chi connectivity index (χ4v) is 2.91. The molecule has 24 heavy (non-hydrogen) atoms. The Morgan fingerprint density at radius 3 is 2.62 bits per heavy atom. The van der Waals surface area contributed by atoms with E-state index in [0.29, 0.717) is 24.2 Å². The Kier molecular flexibility index (Phi) is 4.01. The maximum absolute atomic E-state index is 12.8. The number of rotatable bonds is 4. The molecule has 2 aromatic rings. The van der Waals surface area contributed by atoms with E-state index in [0.717, 1.165) is 11.3 Å². The number of carbonyl (C=O) groups is 2. The second-order valence-electron chi connectivity index (χ2n) is 6.23. The highest BCUT2D eigenvalue weighted by Crippen LogP contribution is 2.32. The molecule has 0 spiro atoms. The summed E-state index contributed by atoms with van der Waals surface area (Å²) >= 11 is 0. The quantitative estimate of drug-likeness (QED) is 0.895. The summed E-state index contributed by atoms with van der Waals surface area (Å²) in [5.74, 6) is -0.358. The van der Waals surface area contributed by atoms with Crippen molar-refractivity contribution in [3.63, 3.8) is 0 Å². The number of aromatic nitrogens is 2. The van der Waals surface area contributed by atoms with E-state index < -0.39 is 11.4 Å². The number of methoxy groups -OCH3 is 1. The van der Waals surface area contributed by atoms with Crippen molar-refractivity contribution in [1.82, 2.24) is 15.1 Å². The molecule has 0 bridgehead atoms. The molecular weight excluding hydrogens is 310 g/mol. The second-order valence-corrected chi connectivity index (χ2v) is 6.23. The van der Waals surface area contributed by atoms with Gasteiger partial charge in [0.25, 0.3) is 5.91 Å². The average Bonchev–Trinajstić information content (AvgIpc) is 3.22. The number of carboxylic acids is 1. The smallest absolute Gasteiger partial charge is 0.311 e. The highest BCUT2D eigenvalue weighted by molar-refractivity contribution is 6.00. The van der Waals surface area contributed by atoms with Crippen molar-refractivity contribution in [1.29, 1.82) is 0 Å². The van der Waals surface area contributed by atoms with Gasteiger partial charge in [-0.25, -0.2) is 0 Å². The van der Waals surface area contributed by atoms with Gasteiger partial charge in [-0.3, -0.25) is 14.7 Å². The monoisotopic (exact) mass is 329 g/mol. The van der Waals surface area contributed by atoms with Crippen molar-refractivity contribution < 1.29 is 19.4 Å². The van der Waals surface area contributed by atoms with Gasteiger partial charge >= 0.3 is 5.97 Å². The molecule has 1 amide bonds. The number of carboxylic acid groups (broad SMARTS) is 1. The largest absolute Gasteiger partial charge is 0.497 e. The van der Waals surface area contributed by atoms with Crippen LogP contribution < -0.4 is 4.74 Å². The first kappa shape index (κ1) is 16.0. The first-order valence-electron chi connectivity index (χ1n) is 7.65. The Morgan fingerprint density at radius 2 is 2.04 bits per heavy atom. The van der Waals surface area contributed by atoms with Gasteiger partial charge in [-0.05, 0) is 37.6 Å². The Labute approximate surface area is 139 Å². The number of H-pyrrole nitrogens is 1. The molecule has 0 saturated carbocycles. The van der Waals surface area contributed by atoms with Gasteiger partial charge in [0.15, 0.2) is 0 Å².